The predicted molar refractivity (Wildman–Crippen MR) is 94.3 cm³/mol. The summed E-state index contributed by atoms with van der Waals surface area (Å²) in [5.74, 6) is 1.83. The highest BCUT2D eigenvalue weighted by Crippen LogP contribution is 2.36. The van der Waals surface area contributed by atoms with Crippen molar-refractivity contribution >= 4 is 10.0 Å². The zero-order chi connectivity index (χ0) is 19.1. The van der Waals surface area contributed by atoms with E-state index < -0.39 is 10.0 Å². The van der Waals surface area contributed by atoms with Crippen molar-refractivity contribution in [2.75, 3.05) is 26.3 Å². The Hall–Kier alpha value is -3.05. The minimum absolute atomic E-state index is 0.166. The Kier molecular flexibility index (Phi) is 3.98. The van der Waals surface area contributed by atoms with Gasteiger partial charge in [0.05, 0.1) is 10.8 Å². The van der Waals surface area contributed by atoms with Gasteiger partial charge in [0.1, 0.15) is 13.2 Å². The van der Waals surface area contributed by atoms with E-state index in [0.717, 1.165) is 0 Å². The molecule has 2 aromatic heterocycles. The van der Waals surface area contributed by atoms with Crippen LogP contribution >= 0.6 is 0 Å². The van der Waals surface area contributed by atoms with E-state index >= 15 is 0 Å². The summed E-state index contributed by atoms with van der Waals surface area (Å²) in [5.41, 5.74) is 0. The number of nitrogens with zero attached hydrogens (tertiary/aromatic N) is 5. The van der Waals surface area contributed by atoms with Gasteiger partial charge in [-0.15, -0.1) is 0 Å². The molecule has 0 saturated carbocycles. The van der Waals surface area contributed by atoms with E-state index in [0.29, 0.717) is 36.4 Å². The zero-order valence-corrected chi connectivity index (χ0v) is 15.4. The van der Waals surface area contributed by atoms with Crippen LogP contribution in [0.4, 0.5) is 0 Å². The highest BCUT2D eigenvalue weighted by molar-refractivity contribution is 7.89. The molecule has 3 aromatic rings. The third kappa shape index (κ3) is 2.88. The molecular formula is C17H15N5O5S. The number of sulfonamides is 1. The molecule has 10 nitrogen and oxygen atoms in total. The molecular weight excluding hydrogens is 386 g/mol. The first-order valence-corrected chi connectivity index (χ1v) is 10.1. The molecule has 1 saturated heterocycles. The molecule has 0 radical (unpaired) electrons. The minimum atomic E-state index is -3.64. The Balaban J connectivity index is 1.31. The van der Waals surface area contributed by atoms with Crippen LogP contribution in [0.3, 0.4) is 0 Å². The topological polar surface area (TPSA) is 121 Å². The van der Waals surface area contributed by atoms with Gasteiger partial charge in [-0.25, -0.2) is 18.4 Å². The molecule has 0 N–H and O–H groups in total. The van der Waals surface area contributed by atoms with E-state index in [-0.39, 0.29) is 29.7 Å². The number of aromatic nitrogens is 4. The summed E-state index contributed by atoms with van der Waals surface area (Å²) >= 11 is 0. The number of benzene rings is 1. The fraction of sp³-hybridized carbons (Fsp3) is 0.294. The number of hydrogen-bond donors (Lipinski definition) is 0. The Labute approximate surface area is 160 Å². The zero-order valence-electron chi connectivity index (χ0n) is 14.6. The average molecular weight is 401 g/mol. The number of rotatable bonds is 4. The van der Waals surface area contributed by atoms with Gasteiger partial charge in [0.15, 0.2) is 11.5 Å². The molecule has 0 unspecified atom stereocenters. The van der Waals surface area contributed by atoms with Crippen LogP contribution in [0, 0.1) is 0 Å². The van der Waals surface area contributed by atoms with Crippen molar-refractivity contribution in [2.24, 2.45) is 0 Å². The molecule has 2 aliphatic heterocycles. The first-order valence-electron chi connectivity index (χ1n) is 8.62. The molecule has 1 aromatic carbocycles. The van der Waals surface area contributed by atoms with Crippen molar-refractivity contribution in [1.29, 1.82) is 0 Å². The molecule has 0 spiro atoms. The Morgan fingerprint density at radius 1 is 1.00 bits per heavy atom. The molecule has 2 aliphatic rings. The highest BCUT2D eigenvalue weighted by atomic mass is 32.2. The average Bonchev–Trinajstić information content (AvgIpc) is 3.16. The van der Waals surface area contributed by atoms with Crippen LogP contribution in [0.2, 0.25) is 0 Å². The van der Waals surface area contributed by atoms with Gasteiger partial charge in [-0.2, -0.15) is 9.29 Å². The van der Waals surface area contributed by atoms with Gasteiger partial charge < -0.3 is 14.0 Å². The van der Waals surface area contributed by atoms with Crippen LogP contribution in [-0.2, 0) is 10.0 Å². The van der Waals surface area contributed by atoms with Crippen molar-refractivity contribution in [3.05, 3.63) is 42.5 Å². The molecule has 0 atom stereocenters. The third-order valence-corrected chi connectivity index (χ3v) is 6.38. The monoisotopic (exact) mass is 401 g/mol. The second kappa shape index (κ2) is 6.53. The second-order valence-corrected chi connectivity index (χ2v) is 8.29. The lowest BCUT2D eigenvalue weighted by Crippen LogP contribution is -2.48. The Bertz CT molecular complexity index is 1110. The second-order valence-electron chi connectivity index (χ2n) is 6.35. The van der Waals surface area contributed by atoms with E-state index in [9.17, 15) is 8.42 Å². The molecule has 0 aliphatic carbocycles. The molecule has 11 heteroatoms. The summed E-state index contributed by atoms with van der Waals surface area (Å²) in [5, 5.41) is 3.87. The van der Waals surface area contributed by atoms with Gasteiger partial charge in [-0.05, 0) is 18.2 Å². The molecule has 0 bridgehead atoms. The smallest absolute Gasteiger partial charge is 0.243 e. The van der Waals surface area contributed by atoms with Crippen LogP contribution in [-0.4, -0.2) is 59.1 Å². The van der Waals surface area contributed by atoms with Crippen molar-refractivity contribution in [1.82, 2.24) is 24.4 Å². The van der Waals surface area contributed by atoms with Crippen LogP contribution < -0.4 is 9.47 Å². The maximum Gasteiger partial charge on any atom is 0.243 e. The standard InChI is InChI=1S/C17H15N5O5S/c23-28(24,12-2-3-13-14(8-12)26-7-6-25-13)22-9-11(10-22)17-20-16(21-27-17)15-18-4-1-5-19-15/h1-5,8,11H,6-7,9-10H2. The van der Waals surface area contributed by atoms with Gasteiger partial charge in [-0.3, -0.25) is 0 Å². The maximum absolute atomic E-state index is 12.8. The van der Waals surface area contributed by atoms with Crippen molar-refractivity contribution in [2.45, 2.75) is 10.8 Å². The first kappa shape index (κ1) is 17.1. The quantitative estimate of drug-likeness (QED) is 0.632. The summed E-state index contributed by atoms with van der Waals surface area (Å²) in [7, 11) is -3.64. The molecule has 1 fully saturated rings. The van der Waals surface area contributed by atoms with E-state index in [1.54, 1.807) is 24.5 Å². The largest absolute Gasteiger partial charge is 0.486 e. The normalized spacial score (nSPS) is 17.3. The van der Waals surface area contributed by atoms with Gasteiger partial charge in [-0.1, -0.05) is 5.16 Å². The fourth-order valence-electron chi connectivity index (χ4n) is 3.03. The highest BCUT2D eigenvalue weighted by Gasteiger charge is 2.41. The lowest BCUT2D eigenvalue weighted by Gasteiger charge is -2.35. The van der Waals surface area contributed by atoms with E-state index in [4.69, 9.17) is 14.0 Å². The number of hydrogen-bond acceptors (Lipinski definition) is 9. The van der Waals surface area contributed by atoms with Gasteiger partial charge in [0, 0.05) is 31.5 Å². The van der Waals surface area contributed by atoms with Crippen molar-refractivity contribution in [3.63, 3.8) is 0 Å². The molecule has 144 valence electrons. The van der Waals surface area contributed by atoms with Crippen LogP contribution in [0.1, 0.15) is 11.8 Å². The number of ether oxygens (including phenoxy) is 2. The third-order valence-electron chi connectivity index (χ3n) is 4.56. The number of fused-ring (bicyclic) bond motifs is 1. The van der Waals surface area contributed by atoms with E-state index in [1.165, 1.54) is 16.4 Å². The fourth-order valence-corrected chi connectivity index (χ4v) is 4.58. The summed E-state index contributed by atoms with van der Waals surface area (Å²) in [6.07, 6.45) is 3.17. The van der Waals surface area contributed by atoms with Gasteiger partial charge in [0.2, 0.25) is 27.6 Å². The van der Waals surface area contributed by atoms with Crippen molar-refractivity contribution < 1.29 is 22.4 Å². The predicted octanol–water partition coefficient (Wildman–Crippen LogP) is 1.09. The Morgan fingerprint density at radius 2 is 1.75 bits per heavy atom. The lowest BCUT2D eigenvalue weighted by atomic mass is 10.0. The van der Waals surface area contributed by atoms with Crippen LogP contribution in [0.5, 0.6) is 11.5 Å². The maximum atomic E-state index is 12.8. The van der Waals surface area contributed by atoms with Gasteiger partial charge in [0.25, 0.3) is 0 Å². The SMILES string of the molecule is O=S(=O)(c1ccc2c(c1)OCCO2)N1CC(c2nc(-c3ncccn3)no2)C1. The van der Waals surface area contributed by atoms with E-state index in [1.807, 2.05) is 0 Å². The summed E-state index contributed by atoms with van der Waals surface area (Å²) < 4.78 is 43.2. The summed E-state index contributed by atoms with van der Waals surface area (Å²) in [6.45, 7) is 1.36. The summed E-state index contributed by atoms with van der Waals surface area (Å²) in [6, 6.07) is 6.32. The summed E-state index contributed by atoms with van der Waals surface area (Å²) in [4.78, 5) is 12.6. The molecule has 5 rings (SSSR count). The molecule has 4 heterocycles. The van der Waals surface area contributed by atoms with Crippen LogP contribution in [0.15, 0.2) is 46.1 Å². The minimum Gasteiger partial charge on any atom is -0.486 e. The van der Waals surface area contributed by atoms with E-state index in [2.05, 4.69) is 20.1 Å². The Morgan fingerprint density at radius 3 is 2.54 bits per heavy atom. The molecule has 28 heavy (non-hydrogen) atoms. The molecule has 0 amide bonds. The van der Waals surface area contributed by atoms with Crippen molar-refractivity contribution in [3.8, 4) is 23.1 Å². The first-order chi connectivity index (χ1) is 13.6. The lowest BCUT2D eigenvalue weighted by molar-refractivity contribution is 0.171. The van der Waals surface area contributed by atoms with Crippen LogP contribution in [0.25, 0.3) is 11.6 Å². The van der Waals surface area contributed by atoms with Gasteiger partial charge >= 0.3 is 0 Å².